The molecule has 2 heterocycles. The number of nitrogens with zero attached hydrogens (tertiary/aromatic N) is 2. The highest BCUT2D eigenvalue weighted by Gasteiger charge is 2.60. The van der Waals surface area contributed by atoms with Crippen LogP contribution in [0.4, 0.5) is 11.4 Å². The number of ketones is 1. The van der Waals surface area contributed by atoms with Gasteiger partial charge in [-0.05, 0) is 109 Å². The van der Waals surface area contributed by atoms with Crippen molar-refractivity contribution >= 4 is 46.8 Å². The smallest absolute Gasteiger partial charge is 0.343 e. The second-order valence-corrected chi connectivity index (χ2v) is 13.4. The predicted octanol–water partition coefficient (Wildman–Crippen LogP) is 5.79. The molecule has 6 aliphatic rings. The van der Waals surface area contributed by atoms with Gasteiger partial charge in [0, 0.05) is 11.1 Å². The molecule has 9 nitrogen and oxygen atoms in total. The van der Waals surface area contributed by atoms with Crippen molar-refractivity contribution in [2.45, 2.75) is 26.7 Å². The van der Waals surface area contributed by atoms with Crippen molar-refractivity contribution in [1.29, 1.82) is 0 Å². The summed E-state index contributed by atoms with van der Waals surface area (Å²) in [4.78, 5) is 81.0. The van der Waals surface area contributed by atoms with Crippen LogP contribution in [0.2, 0.25) is 0 Å². The number of benzene rings is 3. The molecule has 8 unspecified atom stereocenters. The lowest BCUT2D eigenvalue weighted by molar-refractivity contribution is -0.124. The number of hydrogen-bond acceptors (Lipinski definition) is 7. The van der Waals surface area contributed by atoms with E-state index in [0.29, 0.717) is 22.5 Å². The molecule has 0 aromatic heterocycles. The van der Waals surface area contributed by atoms with E-state index in [1.54, 1.807) is 48.5 Å². The van der Waals surface area contributed by atoms with Gasteiger partial charge in [-0.15, -0.1) is 0 Å². The Kier molecular flexibility index (Phi) is 7.32. The number of ether oxygens (including phenoxy) is 1. The average molecular weight is 655 g/mol. The molecule has 4 fully saturated rings. The van der Waals surface area contributed by atoms with Crippen molar-refractivity contribution < 1.29 is 33.5 Å². The molecular weight excluding hydrogens is 620 g/mol. The number of esters is 1. The Morgan fingerprint density at radius 3 is 1.20 bits per heavy atom. The molecule has 0 N–H and O–H groups in total. The van der Waals surface area contributed by atoms with Crippen LogP contribution in [0.15, 0.2) is 97.1 Å². The maximum Gasteiger partial charge on any atom is 0.343 e. The summed E-state index contributed by atoms with van der Waals surface area (Å²) in [5, 5.41) is 0. The molecule has 49 heavy (non-hydrogen) atoms. The number of anilines is 2. The molecule has 3 aromatic carbocycles. The molecule has 246 valence electrons. The van der Waals surface area contributed by atoms with E-state index in [4.69, 9.17) is 4.74 Å². The first-order valence-electron chi connectivity index (χ1n) is 17.0. The summed E-state index contributed by atoms with van der Waals surface area (Å²) in [6.07, 6.45) is 9.93. The highest BCUT2D eigenvalue weighted by Crippen LogP contribution is 2.54. The third-order valence-corrected chi connectivity index (χ3v) is 11.0. The normalized spacial score (nSPS) is 29.8. The summed E-state index contributed by atoms with van der Waals surface area (Å²) in [7, 11) is 0. The Balaban J connectivity index is 0.00000171. The lowest BCUT2D eigenvalue weighted by atomic mass is 9.85. The van der Waals surface area contributed by atoms with Crippen LogP contribution in [0.25, 0.3) is 0 Å². The SMILES string of the molecule is CC.O=C(Oc1ccc(C(=O)c2ccc(N3C(=O)C4C5C=CC(C5)C4C3=O)cc2)cc1)c1ccc(N2C(=O)C3C4C=CC(C4)C3C2=O)cc1. The van der Waals surface area contributed by atoms with Gasteiger partial charge in [0.05, 0.1) is 40.6 Å². The maximum atomic E-state index is 13.2. The second kappa shape index (κ2) is 11.6. The largest absolute Gasteiger partial charge is 0.423 e. The summed E-state index contributed by atoms with van der Waals surface area (Å²) in [6.45, 7) is 4.00. The molecule has 8 atom stereocenters. The summed E-state index contributed by atoms with van der Waals surface area (Å²) < 4.78 is 5.51. The highest BCUT2D eigenvalue weighted by atomic mass is 16.5. The van der Waals surface area contributed by atoms with Crippen molar-refractivity contribution in [2.24, 2.45) is 47.3 Å². The first-order chi connectivity index (χ1) is 23.8. The topological polar surface area (TPSA) is 118 Å². The molecule has 0 spiro atoms. The van der Waals surface area contributed by atoms with Crippen molar-refractivity contribution in [2.75, 3.05) is 9.80 Å². The number of imide groups is 2. The van der Waals surface area contributed by atoms with Crippen LogP contribution in [0.3, 0.4) is 0 Å². The number of carbonyl (C=O) groups is 6. The van der Waals surface area contributed by atoms with Gasteiger partial charge in [0.1, 0.15) is 5.75 Å². The van der Waals surface area contributed by atoms with Crippen LogP contribution in [0, 0.1) is 47.3 Å². The van der Waals surface area contributed by atoms with Crippen LogP contribution >= 0.6 is 0 Å². The van der Waals surface area contributed by atoms with Gasteiger partial charge in [0.2, 0.25) is 23.6 Å². The van der Waals surface area contributed by atoms with Crippen LogP contribution < -0.4 is 14.5 Å². The Morgan fingerprint density at radius 1 is 0.510 bits per heavy atom. The fourth-order valence-corrected chi connectivity index (χ4v) is 8.83. The third-order valence-electron chi connectivity index (χ3n) is 11.0. The van der Waals surface area contributed by atoms with Crippen LogP contribution in [0.1, 0.15) is 53.0 Å². The Hall–Kier alpha value is -5.44. The standard InChI is InChI=1S/C38H28N2O7.C2H6/c41-33(19-5-11-26(12-6-19)39-34(42)29-22-1-2-23(17-22)30(29)35(39)43)20-9-15-28(16-10-20)47-38(46)21-7-13-27(14-8-21)40-36(44)31-24-3-4-25(18-24)32(31)37(40)45;1-2/h1-16,22-25,29-32H,17-18H2;1-2H3. The van der Waals surface area contributed by atoms with Crippen molar-refractivity contribution in [1.82, 2.24) is 0 Å². The maximum absolute atomic E-state index is 13.2. The van der Waals surface area contributed by atoms with E-state index >= 15 is 0 Å². The minimum Gasteiger partial charge on any atom is -0.423 e. The molecule has 4 bridgehead atoms. The summed E-state index contributed by atoms with van der Waals surface area (Å²) in [5.74, 6) is -2.01. The Labute approximate surface area is 283 Å². The number of hydrogen-bond donors (Lipinski definition) is 0. The molecular formula is C40H34N2O7. The fourth-order valence-electron chi connectivity index (χ4n) is 8.83. The molecule has 4 amide bonds. The van der Waals surface area contributed by atoms with Crippen LogP contribution in [-0.2, 0) is 19.2 Å². The van der Waals surface area contributed by atoms with E-state index in [2.05, 4.69) is 12.2 Å². The summed E-state index contributed by atoms with van der Waals surface area (Å²) in [6, 6.07) is 18.8. The van der Waals surface area contributed by atoms with E-state index in [1.165, 1.54) is 34.1 Å². The lowest BCUT2D eigenvalue weighted by Gasteiger charge is -2.17. The van der Waals surface area contributed by atoms with Gasteiger partial charge in [-0.1, -0.05) is 38.2 Å². The average Bonchev–Trinajstić information content (AvgIpc) is 3.99. The molecule has 2 saturated heterocycles. The number of amides is 4. The van der Waals surface area contributed by atoms with E-state index in [1.807, 2.05) is 26.0 Å². The van der Waals surface area contributed by atoms with Crippen molar-refractivity contribution in [3.05, 3.63) is 114 Å². The van der Waals surface area contributed by atoms with Gasteiger partial charge in [-0.25, -0.2) is 4.79 Å². The summed E-state index contributed by atoms with van der Waals surface area (Å²) in [5.41, 5.74) is 1.91. The van der Waals surface area contributed by atoms with Gasteiger partial charge in [0.15, 0.2) is 5.78 Å². The number of allylic oxidation sites excluding steroid dienone is 4. The van der Waals surface area contributed by atoms with Gasteiger partial charge >= 0.3 is 5.97 Å². The molecule has 2 aliphatic heterocycles. The molecule has 0 radical (unpaired) electrons. The fraction of sp³-hybridized carbons (Fsp3) is 0.300. The molecule has 3 aromatic rings. The zero-order valence-electron chi connectivity index (χ0n) is 27.0. The van der Waals surface area contributed by atoms with Gasteiger partial charge in [-0.2, -0.15) is 0 Å². The minimum absolute atomic E-state index is 0.120. The van der Waals surface area contributed by atoms with E-state index < -0.39 is 5.97 Å². The number of carbonyl (C=O) groups excluding carboxylic acids is 6. The molecule has 9 rings (SSSR count). The zero-order valence-corrected chi connectivity index (χ0v) is 27.0. The molecule has 2 saturated carbocycles. The zero-order chi connectivity index (χ0) is 34.1. The minimum atomic E-state index is -0.622. The van der Waals surface area contributed by atoms with Gasteiger partial charge in [0.25, 0.3) is 0 Å². The second-order valence-electron chi connectivity index (χ2n) is 13.4. The first kappa shape index (κ1) is 30.9. The highest BCUT2D eigenvalue weighted by molar-refractivity contribution is 6.24. The van der Waals surface area contributed by atoms with Crippen LogP contribution in [0.5, 0.6) is 5.75 Å². The van der Waals surface area contributed by atoms with Crippen molar-refractivity contribution in [3.63, 3.8) is 0 Å². The number of rotatable bonds is 6. The third kappa shape index (κ3) is 4.66. The Morgan fingerprint density at radius 2 is 0.837 bits per heavy atom. The van der Waals surface area contributed by atoms with Crippen molar-refractivity contribution in [3.8, 4) is 5.75 Å². The van der Waals surface area contributed by atoms with E-state index in [0.717, 1.165) is 12.8 Å². The van der Waals surface area contributed by atoms with Gasteiger partial charge < -0.3 is 4.74 Å². The van der Waals surface area contributed by atoms with Crippen LogP contribution in [-0.4, -0.2) is 35.4 Å². The molecule has 9 heteroatoms. The number of fused-ring (bicyclic) bond motifs is 10. The lowest BCUT2D eigenvalue weighted by Crippen LogP contribution is -2.32. The predicted molar refractivity (Wildman–Crippen MR) is 179 cm³/mol. The monoisotopic (exact) mass is 654 g/mol. The quantitative estimate of drug-likeness (QED) is 0.109. The van der Waals surface area contributed by atoms with Gasteiger partial charge in [-0.3, -0.25) is 33.8 Å². The first-order valence-corrected chi connectivity index (χ1v) is 17.0. The van der Waals surface area contributed by atoms with E-state index in [-0.39, 0.29) is 88.1 Å². The Bertz CT molecular complexity index is 1920. The molecule has 4 aliphatic carbocycles. The summed E-state index contributed by atoms with van der Waals surface area (Å²) >= 11 is 0. The van der Waals surface area contributed by atoms with E-state index in [9.17, 15) is 28.8 Å².